The van der Waals surface area contributed by atoms with Gasteiger partial charge in [0.25, 0.3) is 0 Å². The molecule has 2 rings (SSSR count). The molecule has 1 atom stereocenters. The van der Waals surface area contributed by atoms with Crippen molar-refractivity contribution in [3.05, 3.63) is 29.8 Å². The van der Waals surface area contributed by atoms with Gasteiger partial charge in [0.15, 0.2) is 0 Å². The van der Waals surface area contributed by atoms with Crippen LogP contribution in [0.5, 0.6) is 0 Å². The minimum absolute atomic E-state index is 0.0209. The van der Waals surface area contributed by atoms with E-state index >= 15 is 0 Å². The van der Waals surface area contributed by atoms with Crippen LogP contribution in [0.25, 0.3) is 0 Å². The molecule has 1 heterocycles. The van der Waals surface area contributed by atoms with E-state index in [0.717, 1.165) is 12.8 Å². The second-order valence-electron chi connectivity index (χ2n) is 8.74. The van der Waals surface area contributed by atoms with Gasteiger partial charge in [0, 0.05) is 25.7 Å². The highest BCUT2D eigenvalue weighted by Gasteiger charge is 2.33. The van der Waals surface area contributed by atoms with Gasteiger partial charge in [-0.2, -0.15) is 9.57 Å². The van der Waals surface area contributed by atoms with Crippen molar-refractivity contribution < 1.29 is 17.9 Å². The van der Waals surface area contributed by atoms with Crippen LogP contribution < -0.4 is 0 Å². The first kappa shape index (κ1) is 23.2. The van der Waals surface area contributed by atoms with Gasteiger partial charge in [-0.3, -0.25) is 0 Å². The molecule has 1 amide bonds. The van der Waals surface area contributed by atoms with Crippen molar-refractivity contribution in [2.45, 2.75) is 64.0 Å². The molecule has 7 nitrogen and oxygen atoms in total. The summed E-state index contributed by atoms with van der Waals surface area (Å²) >= 11 is 0. The van der Waals surface area contributed by atoms with Gasteiger partial charge in [0.1, 0.15) is 5.60 Å². The molecule has 0 N–H and O–H groups in total. The predicted octanol–water partition coefficient (Wildman–Crippen LogP) is 3.60. The van der Waals surface area contributed by atoms with Crippen molar-refractivity contribution in [2.24, 2.45) is 5.92 Å². The number of carbonyl (C=O) groups excluding carboxylic acids is 1. The highest BCUT2D eigenvalue weighted by atomic mass is 32.2. The first-order chi connectivity index (χ1) is 13.4. The molecule has 160 valence electrons. The third kappa shape index (κ3) is 6.18. The molecular formula is C21H31N3O4S. The van der Waals surface area contributed by atoms with Gasteiger partial charge in [-0.25, -0.2) is 13.2 Å². The zero-order valence-electron chi connectivity index (χ0n) is 17.9. The average molecular weight is 422 g/mol. The van der Waals surface area contributed by atoms with E-state index in [4.69, 9.17) is 10.00 Å². The van der Waals surface area contributed by atoms with E-state index in [1.54, 1.807) is 17.0 Å². The lowest BCUT2D eigenvalue weighted by Crippen LogP contribution is -2.48. The van der Waals surface area contributed by atoms with Crippen molar-refractivity contribution >= 4 is 16.1 Å². The number of hydrogen-bond donors (Lipinski definition) is 0. The largest absolute Gasteiger partial charge is 0.444 e. The molecule has 1 aromatic carbocycles. The van der Waals surface area contributed by atoms with Gasteiger partial charge in [0.05, 0.1) is 16.5 Å². The highest BCUT2D eigenvalue weighted by Crippen LogP contribution is 2.26. The van der Waals surface area contributed by atoms with E-state index in [1.165, 1.54) is 16.4 Å². The van der Waals surface area contributed by atoms with Crippen LogP contribution in [0.2, 0.25) is 0 Å². The van der Waals surface area contributed by atoms with Gasteiger partial charge in [-0.05, 0) is 71.6 Å². The topological polar surface area (TPSA) is 90.7 Å². The molecule has 8 heteroatoms. The number of nitrogens with zero attached hydrogens (tertiary/aromatic N) is 3. The summed E-state index contributed by atoms with van der Waals surface area (Å²) in [5.74, 6) is 0.0209. The van der Waals surface area contributed by atoms with Crippen LogP contribution in [-0.4, -0.2) is 55.0 Å². The van der Waals surface area contributed by atoms with Crippen LogP contribution >= 0.6 is 0 Å². The third-order valence-electron chi connectivity index (χ3n) is 4.79. The van der Waals surface area contributed by atoms with E-state index in [0.29, 0.717) is 25.2 Å². The van der Waals surface area contributed by atoms with Gasteiger partial charge < -0.3 is 9.64 Å². The molecule has 0 unspecified atom stereocenters. The Hall–Kier alpha value is -2.11. The minimum Gasteiger partial charge on any atom is -0.444 e. The summed E-state index contributed by atoms with van der Waals surface area (Å²) in [7, 11) is -3.69. The van der Waals surface area contributed by atoms with Crippen LogP contribution in [0.15, 0.2) is 29.2 Å². The number of hydrogen-bond acceptors (Lipinski definition) is 5. The van der Waals surface area contributed by atoms with Crippen molar-refractivity contribution in [3.8, 4) is 6.07 Å². The zero-order valence-corrected chi connectivity index (χ0v) is 18.7. The number of nitriles is 1. The molecule has 1 saturated heterocycles. The molecule has 0 saturated carbocycles. The summed E-state index contributed by atoms with van der Waals surface area (Å²) in [6.07, 6.45) is 1.19. The number of sulfonamides is 1. The maximum absolute atomic E-state index is 13.1. The van der Waals surface area contributed by atoms with Crippen LogP contribution in [0.4, 0.5) is 4.79 Å². The summed E-state index contributed by atoms with van der Waals surface area (Å²) in [6, 6.07) is 8.01. The van der Waals surface area contributed by atoms with Crippen molar-refractivity contribution in [3.63, 3.8) is 0 Å². The fourth-order valence-electron chi connectivity index (χ4n) is 3.36. The molecule has 1 aliphatic rings. The van der Waals surface area contributed by atoms with Crippen molar-refractivity contribution in [1.82, 2.24) is 9.21 Å². The molecule has 0 bridgehead atoms. The lowest BCUT2D eigenvalue weighted by Gasteiger charge is -2.37. The summed E-state index contributed by atoms with van der Waals surface area (Å²) in [4.78, 5) is 14.4. The van der Waals surface area contributed by atoms with E-state index in [2.05, 4.69) is 0 Å². The van der Waals surface area contributed by atoms with E-state index < -0.39 is 15.6 Å². The Labute approximate surface area is 174 Å². The molecular weight excluding hydrogens is 390 g/mol. The molecule has 0 aromatic heterocycles. The first-order valence-electron chi connectivity index (χ1n) is 9.94. The lowest BCUT2D eigenvalue weighted by molar-refractivity contribution is 0.0138. The minimum atomic E-state index is -3.69. The molecule has 29 heavy (non-hydrogen) atoms. The fourth-order valence-corrected chi connectivity index (χ4v) is 4.97. The number of amides is 1. The molecule has 1 aromatic rings. The van der Waals surface area contributed by atoms with Crippen LogP contribution in [-0.2, 0) is 14.8 Å². The zero-order chi connectivity index (χ0) is 21.8. The number of piperidine rings is 1. The summed E-state index contributed by atoms with van der Waals surface area (Å²) < 4.78 is 33.1. The molecule has 1 aliphatic heterocycles. The number of benzene rings is 1. The Morgan fingerprint density at radius 3 is 2.66 bits per heavy atom. The average Bonchev–Trinajstić information content (AvgIpc) is 2.64. The number of carbonyl (C=O) groups is 1. The Morgan fingerprint density at radius 1 is 1.38 bits per heavy atom. The summed E-state index contributed by atoms with van der Waals surface area (Å²) in [6.45, 7) is 10.5. The fraction of sp³-hybridized carbons (Fsp3) is 0.619. The van der Waals surface area contributed by atoms with Crippen molar-refractivity contribution in [2.75, 3.05) is 19.6 Å². The molecule has 0 aliphatic carbocycles. The van der Waals surface area contributed by atoms with E-state index in [9.17, 15) is 13.2 Å². The normalized spacial score (nSPS) is 18.3. The van der Waals surface area contributed by atoms with E-state index in [-0.39, 0.29) is 22.9 Å². The van der Waals surface area contributed by atoms with Gasteiger partial charge >= 0.3 is 6.09 Å². The predicted molar refractivity (Wildman–Crippen MR) is 111 cm³/mol. The van der Waals surface area contributed by atoms with Crippen molar-refractivity contribution in [1.29, 1.82) is 5.26 Å². The SMILES string of the molecule is CC(C)N(C[C@@H]1CCCN(S(=O)(=O)c2cccc(C#N)c2)C1)C(=O)OC(C)(C)C. The lowest BCUT2D eigenvalue weighted by atomic mass is 9.98. The Kier molecular flexibility index (Phi) is 7.30. The maximum Gasteiger partial charge on any atom is 0.410 e. The molecule has 0 spiro atoms. The molecule has 0 radical (unpaired) electrons. The second-order valence-corrected chi connectivity index (χ2v) is 10.7. The smallest absolute Gasteiger partial charge is 0.410 e. The standard InChI is InChI=1S/C21H31N3O4S/c1-16(2)24(20(25)28-21(3,4)5)15-18-9-7-11-23(14-18)29(26,27)19-10-6-8-17(12-19)13-22/h6,8,10,12,16,18H,7,9,11,14-15H2,1-5H3/t18-/m1/s1. The second kappa shape index (κ2) is 9.14. The van der Waals surface area contributed by atoms with Gasteiger partial charge in [0.2, 0.25) is 10.0 Å². The van der Waals surface area contributed by atoms with Gasteiger partial charge in [-0.15, -0.1) is 0 Å². The van der Waals surface area contributed by atoms with E-state index in [1.807, 2.05) is 40.7 Å². The Bertz CT molecular complexity index is 869. The monoisotopic (exact) mass is 421 g/mol. The highest BCUT2D eigenvalue weighted by molar-refractivity contribution is 7.89. The van der Waals surface area contributed by atoms with Gasteiger partial charge in [-0.1, -0.05) is 6.07 Å². The van der Waals surface area contributed by atoms with Crippen LogP contribution in [0.3, 0.4) is 0 Å². The Morgan fingerprint density at radius 2 is 2.07 bits per heavy atom. The van der Waals surface area contributed by atoms with Crippen LogP contribution in [0, 0.1) is 17.2 Å². The maximum atomic E-state index is 13.1. The Balaban J connectivity index is 2.14. The van der Waals surface area contributed by atoms with Crippen LogP contribution in [0.1, 0.15) is 53.0 Å². The first-order valence-corrected chi connectivity index (χ1v) is 11.4. The number of ether oxygens (including phenoxy) is 1. The molecule has 1 fully saturated rings. The third-order valence-corrected chi connectivity index (χ3v) is 6.65. The summed E-state index contributed by atoms with van der Waals surface area (Å²) in [5.41, 5.74) is -0.270. The summed E-state index contributed by atoms with van der Waals surface area (Å²) in [5, 5.41) is 9.06. The quantitative estimate of drug-likeness (QED) is 0.724. The number of rotatable bonds is 5.